The molecule has 0 unspecified atom stereocenters. The van der Waals surface area contributed by atoms with Gasteiger partial charge in [-0.05, 0) is 17.5 Å². The normalized spacial score (nSPS) is 13.6. The zero-order valence-corrected chi connectivity index (χ0v) is 9.11. The number of benzene rings is 2. The highest BCUT2D eigenvalue weighted by molar-refractivity contribution is 6.04. The summed E-state index contributed by atoms with van der Waals surface area (Å²) in [7, 11) is 0. The molecule has 2 aromatic carbocycles. The van der Waals surface area contributed by atoms with Gasteiger partial charge < -0.3 is 10.2 Å². The van der Waals surface area contributed by atoms with Crippen LogP contribution in [0.3, 0.4) is 0 Å². The predicted octanol–water partition coefficient (Wildman–Crippen LogP) is 3.22. The van der Waals surface area contributed by atoms with Crippen LogP contribution in [0.5, 0.6) is 0 Å². The van der Waals surface area contributed by atoms with Gasteiger partial charge in [-0.3, -0.25) is 0 Å². The molecule has 0 saturated carbocycles. The number of rotatable bonds is 2. The highest BCUT2D eigenvalue weighted by Gasteiger charge is 2.16. The van der Waals surface area contributed by atoms with E-state index in [4.69, 9.17) is 0 Å². The van der Waals surface area contributed by atoms with Crippen molar-refractivity contribution in [3.05, 3.63) is 49.1 Å². The van der Waals surface area contributed by atoms with Crippen molar-refractivity contribution < 1.29 is 0 Å². The summed E-state index contributed by atoms with van der Waals surface area (Å²) in [5, 5.41) is 6.05. The first kappa shape index (κ1) is 9.28. The molecule has 2 heteroatoms. The van der Waals surface area contributed by atoms with Crippen molar-refractivity contribution >= 4 is 22.1 Å². The summed E-state index contributed by atoms with van der Waals surface area (Å²) in [5.41, 5.74) is 2.53. The number of anilines is 2. The van der Waals surface area contributed by atoms with Crippen molar-refractivity contribution in [1.29, 1.82) is 0 Å². The molecule has 1 aliphatic rings. The van der Waals surface area contributed by atoms with Gasteiger partial charge in [0, 0.05) is 23.3 Å². The van der Waals surface area contributed by atoms with E-state index in [1.54, 1.807) is 0 Å². The molecule has 2 nitrogen and oxygen atoms in total. The second-order valence-corrected chi connectivity index (χ2v) is 4.03. The van der Waals surface area contributed by atoms with Crippen molar-refractivity contribution in [3.8, 4) is 0 Å². The zero-order valence-electron chi connectivity index (χ0n) is 9.11. The summed E-state index contributed by atoms with van der Waals surface area (Å²) in [6.07, 6.45) is 1.94. The molecule has 0 aromatic heterocycles. The molecular formula is C14H14N2. The largest absolute Gasteiger partial charge is 0.367 e. The maximum Gasteiger partial charge on any atom is 0.0880 e. The van der Waals surface area contributed by atoms with Gasteiger partial charge in [-0.25, -0.2) is 0 Å². The Morgan fingerprint density at radius 2 is 2.06 bits per heavy atom. The molecule has 2 aromatic rings. The Kier molecular flexibility index (Phi) is 2.07. The van der Waals surface area contributed by atoms with Gasteiger partial charge >= 0.3 is 0 Å². The molecule has 0 aliphatic carbocycles. The standard InChI is InChI=1S/C14H14N2/c1-2-9-16-10-15-12-7-3-5-11-6-4-8-13(16)14(11)12/h2-8,15H,1,9-10H2. The number of hydrogen-bond acceptors (Lipinski definition) is 2. The van der Waals surface area contributed by atoms with Gasteiger partial charge in [-0.1, -0.05) is 30.3 Å². The van der Waals surface area contributed by atoms with E-state index in [1.807, 2.05) is 6.08 Å². The van der Waals surface area contributed by atoms with E-state index in [2.05, 4.69) is 53.2 Å². The van der Waals surface area contributed by atoms with Crippen LogP contribution in [0.15, 0.2) is 49.1 Å². The lowest BCUT2D eigenvalue weighted by Crippen LogP contribution is -2.32. The molecule has 0 bridgehead atoms. The van der Waals surface area contributed by atoms with E-state index in [0.717, 1.165) is 13.2 Å². The lowest BCUT2D eigenvalue weighted by atomic mass is 10.0. The molecule has 0 saturated heterocycles. The maximum atomic E-state index is 3.81. The Labute approximate surface area is 95.2 Å². The molecular weight excluding hydrogens is 196 g/mol. The monoisotopic (exact) mass is 210 g/mol. The molecule has 1 heterocycles. The van der Waals surface area contributed by atoms with Crippen molar-refractivity contribution in [3.63, 3.8) is 0 Å². The predicted molar refractivity (Wildman–Crippen MR) is 70.0 cm³/mol. The topological polar surface area (TPSA) is 15.3 Å². The van der Waals surface area contributed by atoms with Crippen LogP contribution in [0.25, 0.3) is 10.8 Å². The minimum Gasteiger partial charge on any atom is -0.367 e. The Bertz CT molecular complexity index is 540. The van der Waals surface area contributed by atoms with Gasteiger partial charge in [0.25, 0.3) is 0 Å². The number of hydrogen-bond donors (Lipinski definition) is 1. The van der Waals surface area contributed by atoms with Crippen LogP contribution in [-0.4, -0.2) is 13.2 Å². The van der Waals surface area contributed by atoms with Gasteiger partial charge in [0.2, 0.25) is 0 Å². The average molecular weight is 210 g/mol. The van der Waals surface area contributed by atoms with Gasteiger partial charge in [-0.2, -0.15) is 0 Å². The van der Waals surface area contributed by atoms with Crippen molar-refractivity contribution in [1.82, 2.24) is 0 Å². The van der Waals surface area contributed by atoms with Gasteiger partial charge in [-0.15, -0.1) is 6.58 Å². The van der Waals surface area contributed by atoms with Crippen LogP contribution in [0.2, 0.25) is 0 Å². The summed E-state index contributed by atoms with van der Waals surface area (Å²) in [6, 6.07) is 12.8. The average Bonchev–Trinajstić information content (AvgIpc) is 2.33. The lowest BCUT2D eigenvalue weighted by molar-refractivity contribution is 0.911. The maximum absolute atomic E-state index is 3.81. The number of nitrogens with one attached hydrogen (secondary N) is 1. The third kappa shape index (κ3) is 1.27. The van der Waals surface area contributed by atoms with E-state index in [9.17, 15) is 0 Å². The minimum atomic E-state index is 0.849. The van der Waals surface area contributed by atoms with Crippen LogP contribution >= 0.6 is 0 Å². The Hall–Kier alpha value is -1.96. The van der Waals surface area contributed by atoms with E-state index < -0.39 is 0 Å². The fraction of sp³-hybridized carbons (Fsp3) is 0.143. The summed E-state index contributed by atoms with van der Waals surface area (Å²) in [5.74, 6) is 0. The zero-order chi connectivity index (χ0) is 11.0. The molecule has 0 radical (unpaired) electrons. The highest BCUT2D eigenvalue weighted by atomic mass is 15.2. The molecule has 80 valence electrons. The lowest BCUT2D eigenvalue weighted by Gasteiger charge is -2.31. The Morgan fingerprint density at radius 1 is 1.25 bits per heavy atom. The van der Waals surface area contributed by atoms with E-state index in [-0.39, 0.29) is 0 Å². The van der Waals surface area contributed by atoms with Gasteiger partial charge in [0.05, 0.1) is 6.67 Å². The fourth-order valence-electron chi connectivity index (χ4n) is 2.32. The molecule has 1 N–H and O–H groups in total. The van der Waals surface area contributed by atoms with E-state index in [0.29, 0.717) is 0 Å². The molecule has 1 aliphatic heterocycles. The third-order valence-corrected chi connectivity index (χ3v) is 3.03. The SMILES string of the molecule is C=CCN1CNc2cccc3cccc1c23. The number of nitrogens with zero attached hydrogens (tertiary/aromatic N) is 1. The summed E-state index contributed by atoms with van der Waals surface area (Å²) < 4.78 is 0. The third-order valence-electron chi connectivity index (χ3n) is 3.03. The first-order valence-corrected chi connectivity index (χ1v) is 5.51. The van der Waals surface area contributed by atoms with Crippen molar-refractivity contribution in [2.45, 2.75) is 0 Å². The minimum absolute atomic E-state index is 0.849. The molecule has 0 fully saturated rings. The summed E-state index contributed by atoms with van der Waals surface area (Å²) in [6.45, 7) is 5.53. The summed E-state index contributed by atoms with van der Waals surface area (Å²) in [4.78, 5) is 2.29. The van der Waals surface area contributed by atoms with Crippen molar-refractivity contribution in [2.75, 3.05) is 23.4 Å². The van der Waals surface area contributed by atoms with Crippen LogP contribution < -0.4 is 10.2 Å². The molecule has 0 spiro atoms. The summed E-state index contributed by atoms with van der Waals surface area (Å²) >= 11 is 0. The Balaban J connectivity index is 2.27. The first-order chi connectivity index (χ1) is 7.90. The highest BCUT2D eigenvalue weighted by Crippen LogP contribution is 2.35. The Morgan fingerprint density at radius 3 is 2.88 bits per heavy atom. The van der Waals surface area contributed by atoms with Gasteiger partial charge in [0.1, 0.15) is 0 Å². The van der Waals surface area contributed by atoms with Crippen LogP contribution in [0, 0.1) is 0 Å². The van der Waals surface area contributed by atoms with Crippen LogP contribution in [0.1, 0.15) is 0 Å². The molecule has 16 heavy (non-hydrogen) atoms. The van der Waals surface area contributed by atoms with E-state index in [1.165, 1.54) is 22.1 Å². The fourth-order valence-corrected chi connectivity index (χ4v) is 2.32. The quantitative estimate of drug-likeness (QED) is 0.766. The second kappa shape index (κ2) is 3.56. The molecule has 0 atom stereocenters. The first-order valence-electron chi connectivity index (χ1n) is 5.51. The second-order valence-electron chi connectivity index (χ2n) is 4.03. The molecule has 0 amide bonds. The van der Waals surface area contributed by atoms with Crippen LogP contribution in [-0.2, 0) is 0 Å². The molecule has 3 rings (SSSR count). The van der Waals surface area contributed by atoms with Crippen LogP contribution in [0.4, 0.5) is 11.4 Å². The van der Waals surface area contributed by atoms with Gasteiger partial charge in [0.15, 0.2) is 0 Å². The van der Waals surface area contributed by atoms with Crippen molar-refractivity contribution in [2.24, 2.45) is 0 Å². The van der Waals surface area contributed by atoms with E-state index >= 15 is 0 Å². The smallest absolute Gasteiger partial charge is 0.0880 e.